The number of aromatic carboxylic acids is 1. The first-order valence-electron chi connectivity index (χ1n) is 5.79. The molecule has 0 N–H and O–H groups in total. The summed E-state index contributed by atoms with van der Waals surface area (Å²) < 4.78 is 0. The van der Waals surface area contributed by atoms with Gasteiger partial charge in [-0.3, -0.25) is 0 Å². The minimum atomic E-state index is -1.80. The molecule has 0 radical (unpaired) electrons. The van der Waals surface area contributed by atoms with Gasteiger partial charge in [0, 0.05) is 12.4 Å². The number of aliphatic carboxylic acids is 3. The molecule has 0 aromatic carbocycles. The Balaban J connectivity index is -0.000000661. The van der Waals surface area contributed by atoms with E-state index in [9.17, 15) is 39.6 Å². The van der Waals surface area contributed by atoms with Crippen LogP contribution in [0.5, 0.6) is 0 Å². The molecule has 0 amide bonds. The van der Waals surface area contributed by atoms with Gasteiger partial charge in [-0.25, -0.2) is 0 Å². The van der Waals surface area contributed by atoms with Crippen LogP contribution in [0.2, 0.25) is 0 Å². The maximum absolute atomic E-state index is 11.1. The molecule has 0 aliphatic carbocycles. The first-order chi connectivity index (χ1) is 10.7. The second-order valence-electron chi connectivity index (χ2n) is 4.14. The Bertz CT molecular complexity index is 718. The van der Waals surface area contributed by atoms with Gasteiger partial charge in [0.2, 0.25) is 0 Å². The maximum atomic E-state index is 11.1. The summed E-state index contributed by atoms with van der Waals surface area (Å²) in [6.07, 6.45) is -0.937. The molecule has 0 atom stereocenters. The van der Waals surface area contributed by atoms with Crippen LogP contribution in [0.1, 0.15) is 20.8 Å². The van der Waals surface area contributed by atoms with Gasteiger partial charge in [-0.05, 0) is 5.56 Å². The van der Waals surface area contributed by atoms with Crippen molar-refractivity contribution in [1.29, 1.82) is 5.26 Å². The van der Waals surface area contributed by atoms with Gasteiger partial charge in [0.1, 0.15) is 11.1 Å². The predicted octanol–water partition coefficient (Wildman–Crippen LogP) is -17.4. The van der Waals surface area contributed by atoms with Gasteiger partial charge >= 0.3 is 206 Å². The molecule has 1 heterocycles. The van der Waals surface area contributed by atoms with Crippen molar-refractivity contribution in [3.8, 4) is 6.07 Å². The van der Waals surface area contributed by atoms with Gasteiger partial charge in [-0.1, -0.05) is 0 Å². The number of thiophene rings is 1. The first kappa shape index (κ1) is 37.7. The SMILES string of the molecule is N#Cc1c(N(CC(=O)[O-])CC(=O)[O-])sc(C(=O)[O-])c1CC(=O)[O-].[K+].[K+].[K+].[K+]. The largest absolute Gasteiger partial charge is 1.00 e. The molecule has 122 valence electrons. The van der Waals surface area contributed by atoms with Crippen LogP contribution < -0.4 is 231 Å². The number of carbonyl (C=O) groups is 4. The maximum Gasteiger partial charge on any atom is 1.00 e. The molecule has 0 saturated heterocycles. The third kappa shape index (κ3) is 12.9. The number of carboxylic acids is 4. The molecule has 0 saturated carbocycles. The van der Waals surface area contributed by atoms with Crippen molar-refractivity contribution in [1.82, 2.24) is 0 Å². The number of anilines is 1. The zero-order valence-electron chi connectivity index (χ0n) is 15.2. The zero-order valence-corrected chi connectivity index (χ0v) is 28.5. The molecule has 1 rings (SSSR count). The molecule has 0 spiro atoms. The van der Waals surface area contributed by atoms with Crippen molar-refractivity contribution in [2.24, 2.45) is 0 Å². The fraction of sp³-hybridized carbons (Fsp3) is 0.250. The molecule has 1 aromatic heterocycles. The van der Waals surface area contributed by atoms with Crippen molar-refractivity contribution in [3.05, 3.63) is 16.0 Å². The zero-order chi connectivity index (χ0) is 17.7. The van der Waals surface area contributed by atoms with Crippen LogP contribution in [-0.4, -0.2) is 37.0 Å². The van der Waals surface area contributed by atoms with Crippen LogP contribution >= 0.6 is 11.3 Å². The van der Waals surface area contributed by atoms with E-state index in [-0.39, 0.29) is 211 Å². The molecule has 15 heteroatoms. The smallest absolute Gasteiger partial charge is 0.550 e. The molecule has 10 nitrogen and oxygen atoms in total. The molecule has 0 aliphatic heterocycles. The van der Waals surface area contributed by atoms with E-state index in [0.717, 1.165) is 0 Å². The Morgan fingerprint density at radius 3 is 1.63 bits per heavy atom. The number of hydrogen-bond acceptors (Lipinski definition) is 11. The summed E-state index contributed by atoms with van der Waals surface area (Å²) in [5.74, 6) is -6.87. The predicted molar refractivity (Wildman–Crippen MR) is 64.3 cm³/mol. The van der Waals surface area contributed by atoms with Crippen LogP contribution in [0.15, 0.2) is 0 Å². The van der Waals surface area contributed by atoms with E-state index in [4.69, 9.17) is 5.26 Å². The van der Waals surface area contributed by atoms with E-state index in [1.165, 1.54) is 6.07 Å². The van der Waals surface area contributed by atoms with Gasteiger partial charge in [0.05, 0.1) is 41.4 Å². The van der Waals surface area contributed by atoms with E-state index in [1.807, 2.05) is 0 Å². The number of nitrogens with zero attached hydrogens (tertiary/aromatic N) is 2. The topological polar surface area (TPSA) is 188 Å². The van der Waals surface area contributed by atoms with E-state index >= 15 is 0 Å². The Labute approximate surface area is 328 Å². The van der Waals surface area contributed by atoms with Crippen LogP contribution in [0.3, 0.4) is 0 Å². The van der Waals surface area contributed by atoms with E-state index in [2.05, 4.69) is 0 Å². The van der Waals surface area contributed by atoms with Crippen molar-refractivity contribution in [3.63, 3.8) is 0 Å². The second-order valence-corrected chi connectivity index (χ2v) is 5.14. The van der Waals surface area contributed by atoms with Gasteiger partial charge in [0.15, 0.2) is 0 Å². The third-order valence-corrected chi connectivity index (χ3v) is 3.81. The Hall–Kier alpha value is 3.42. The summed E-state index contributed by atoms with van der Waals surface area (Å²) in [5, 5.41) is 51.9. The second kappa shape index (κ2) is 18.9. The van der Waals surface area contributed by atoms with Crippen molar-refractivity contribution in [2.75, 3.05) is 18.0 Å². The van der Waals surface area contributed by atoms with Crippen molar-refractivity contribution in [2.45, 2.75) is 6.42 Å². The minimum Gasteiger partial charge on any atom is -0.550 e. The molecule has 0 bridgehead atoms. The van der Waals surface area contributed by atoms with E-state index < -0.39 is 59.4 Å². The molecule has 0 fully saturated rings. The summed E-state index contributed by atoms with van der Waals surface area (Å²) in [6.45, 7) is -1.94. The summed E-state index contributed by atoms with van der Waals surface area (Å²) in [4.78, 5) is 43.1. The Morgan fingerprint density at radius 2 is 1.33 bits per heavy atom. The van der Waals surface area contributed by atoms with Gasteiger partial charge < -0.3 is 44.5 Å². The number of carboxylic acid groups (broad SMARTS) is 4. The van der Waals surface area contributed by atoms with E-state index in [1.54, 1.807) is 0 Å². The number of hydrogen-bond donors (Lipinski definition) is 0. The molecular formula is C12H6K4N2O8S. The van der Waals surface area contributed by atoms with Crippen molar-refractivity contribution >= 4 is 40.2 Å². The summed E-state index contributed by atoms with van der Waals surface area (Å²) in [5.41, 5.74) is -0.935. The monoisotopic (exact) mass is 494 g/mol. The number of nitriles is 1. The average molecular weight is 495 g/mol. The van der Waals surface area contributed by atoms with Crippen LogP contribution in [0.25, 0.3) is 0 Å². The van der Waals surface area contributed by atoms with Gasteiger partial charge in [-0.15, -0.1) is 11.3 Å². The Morgan fingerprint density at radius 1 is 0.889 bits per heavy atom. The molecule has 27 heavy (non-hydrogen) atoms. The normalized spacial score (nSPS) is 8.41. The summed E-state index contributed by atoms with van der Waals surface area (Å²) >= 11 is 0.321. The number of carbonyl (C=O) groups excluding carboxylic acids is 4. The van der Waals surface area contributed by atoms with Gasteiger partial charge in [-0.2, -0.15) is 5.26 Å². The minimum absolute atomic E-state index is 0. The van der Waals surface area contributed by atoms with E-state index in [0.29, 0.717) is 16.2 Å². The molecule has 0 aliphatic rings. The van der Waals surface area contributed by atoms with Gasteiger partial charge in [0.25, 0.3) is 0 Å². The Kier molecular flexibility index (Phi) is 26.5. The molecule has 0 unspecified atom stereocenters. The quantitative estimate of drug-likeness (QED) is 0.314. The summed E-state index contributed by atoms with van der Waals surface area (Å²) in [6, 6.07) is 1.53. The number of rotatable bonds is 8. The van der Waals surface area contributed by atoms with Crippen LogP contribution in [-0.2, 0) is 20.8 Å². The molecular weight excluding hydrogens is 489 g/mol. The van der Waals surface area contributed by atoms with Crippen LogP contribution in [0, 0.1) is 11.3 Å². The summed E-state index contributed by atoms with van der Waals surface area (Å²) in [7, 11) is 0. The fourth-order valence-corrected chi connectivity index (χ4v) is 2.88. The first-order valence-corrected chi connectivity index (χ1v) is 6.60. The fourth-order valence-electron chi connectivity index (χ4n) is 1.78. The van der Waals surface area contributed by atoms with Crippen molar-refractivity contribution < 1.29 is 245 Å². The molecule has 1 aromatic rings. The van der Waals surface area contributed by atoms with Crippen LogP contribution in [0.4, 0.5) is 5.00 Å². The third-order valence-electron chi connectivity index (χ3n) is 2.53. The standard InChI is InChI=1S/C12H10N2O8S.4K/c13-2-6-5(1-7(15)16)10(12(21)22)23-11(6)14(3-8(17)18)4-9(19)20;;;;/h1,3-4H2,(H,15,16)(H,17,18)(H,19,20)(H,21,22);;;;/q;4*+1/p-4. The average Bonchev–Trinajstić information content (AvgIpc) is 2.74.